The molecule has 1 aromatic rings. The quantitative estimate of drug-likeness (QED) is 0.526. The van der Waals surface area contributed by atoms with Crippen LogP contribution >= 0.6 is 11.3 Å². The number of carbonyl (C=O) groups is 1. The minimum Gasteiger partial charge on any atom is -0.466 e. The zero-order valence-corrected chi connectivity index (χ0v) is 13.5. The number of likely N-dealkylation sites (tertiary alicyclic amines) is 1. The number of carbonyl (C=O) groups excluding carboxylic acids is 1. The predicted molar refractivity (Wildman–Crippen MR) is 85.4 cm³/mol. The second-order valence-electron chi connectivity index (χ2n) is 4.99. The van der Waals surface area contributed by atoms with Crippen LogP contribution in [0.4, 0.5) is 0 Å². The molecule has 0 radical (unpaired) electrons. The number of guanidine groups is 1. The van der Waals surface area contributed by atoms with E-state index >= 15 is 0 Å². The highest BCUT2D eigenvalue weighted by Crippen LogP contribution is 2.19. The maximum absolute atomic E-state index is 11.7. The number of ether oxygens (including phenoxy) is 1. The van der Waals surface area contributed by atoms with Gasteiger partial charge in [0.2, 0.25) is 0 Å². The third-order valence-electron chi connectivity index (χ3n) is 3.63. The summed E-state index contributed by atoms with van der Waals surface area (Å²) in [6.07, 6.45) is 1.66. The Morgan fingerprint density at radius 3 is 2.86 bits per heavy atom. The van der Waals surface area contributed by atoms with Crippen LogP contribution in [0.25, 0.3) is 0 Å². The van der Waals surface area contributed by atoms with E-state index in [4.69, 9.17) is 4.74 Å². The third kappa shape index (κ3) is 4.46. The predicted octanol–water partition coefficient (Wildman–Crippen LogP) is 2.10. The van der Waals surface area contributed by atoms with Crippen molar-refractivity contribution in [3.05, 3.63) is 22.4 Å². The van der Waals surface area contributed by atoms with Gasteiger partial charge in [-0.25, -0.2) is 0 Å². The van der Waals surface area contributed by atoms with E-state index in [0.717, 1.165) is 38.4 Å². The Balaban J connectivity index is 1.80. The van der Waals surface area contributed by atoms with E-state index in [-0.39, 0.29) is 11.9 Å². The zero-order chi connectivity index (χ0) is 15.1. The Kier molecular flexibility index (Phi) is 6.04. The number of piperidine rings is 1. The summed E-state index contributed by atoms with van der Waals surface area (Å²) in [7, 11) is 1.80. The molecule has 0 aliphatic carbocycles. The molecule has 2 heterocycles. The normalized spacial score (nSPS) is 16.9. The van der Waals surface area contributed by atoms with Crippen molar-refractivity contribution in [1.29, 1.82) is 0 Å². The number of thiophene rings is 1. The molecular weight excluding hydrogens is 286 g/mol. The summed E-state index contributed by atoms with van der Waals surface area (Å²) in [6, 6.07) is 4.16. The first-order chi connectivity index (χ1) is 10.2. The van der Waals surface area contributed by atoms with Gasteiger partial charge in [0.1, 0.15) is 0 Å². The van der Waals surface area contributed by atoms with Gasteiger partial charge in [-0.3, -0.25) is 9.79 Å². The monoisotopic (exact) mass is 309 g/mol. The van der Waals surface area contributed by atoms with Crippen molar-refractivity contribution in [2.45, 2.75) is 26.3 Å². The van der Waals surface area contributed by atoms with Gasteiger partial charge in [-0.2, -0.15) is 0 Å². The van der Waals surface area contributed by atoms with Crippen LogP contribution in [0.1, 0.15) is 24.6 Å². The summed E-state index contributed by atoms with van der Waals surface area (Å²) in [6.45, 7) is 4.79. The maximum Gasteiger partial charge on any atom is 0.309 e. The highest BCUT2D eigenvalue weighted by atomic mass is 32.1. The van der Waals surface area contributed by atoms with Crippen LogP contribution in [0.3, 0.4) is 0 Å². The molecule has 1 aromatic heterocycles. The molecule has 0 spiro atoms. The summed E-state index contributed by atoms with van der Waals surface area (Å²) in [5.41, 5.74) is 0. The Hall–Kier alpha value is -1.56. The molecule has 0 saturated carbocycles. The summed E-state index contributed by atoms with van der Waals surface area (Å²) in [5.74, 6) is 0.890. The smallest absolute Gasteiger partial charge is 0.309 e. The molecule has 0 atom stereocenters. The fourth-order valence-corrected chi connectivity index (χ4v) is 3.14. The van der Waals surface area contributed by atoms with Gasteiger partial charge in [-0.15, -0.1) is 11.3 Å². The van der Waals surface area contributed by atoms with Crippen molar-refractivity contribution in [2.24, 2.45) is 10.9 Å². The Bertz CT molecular complexity index is 465. The summed E-state index contributed by atoms with van der Waals surface area (Å²) in [4.78, 5) is 19.6. The zero-order valence-electron chi connectivity index (χ0n) is 12.7. The molecular formula is C15H23N3O2S. The molecule has 5 nitrogen and oxygen atoms in total. The van der Waals surface area contributed by atoms with Gasteiger partial charge in [-0.05, 0) is 31.2 Å². The Labute approximate surface area is 130 Å². The third-order valence-corrected chi connectivity index (χ3v) is 4.50. The van der Waals surface area contributed by atoms with E-state index in [0.29, 0.717) is 6.61 Å². The molecule has 0 bridgehead atoms. The SMILES string of the molecule is CCOC(=O)C1CCN(C(=NC)NCc2cccs2)CC1. The number of nitrogens with zero attached hydrogens (tertiary/aromatic N) is 2. The van der Waals surface area contributed by atoms with Gasteiger partial charge >= 0.3 is 5.97 Å². The number of hydrogen-bond acceptors (Lipinski definition) is 4. The molecule has 1 saturated heterocycles. The number of nitrogens with one attached hydrogen (secondary N) is 1. The van der Waals surface area contributed by atoms with Crippen molar-refractivity contribution in [3.63, 3.8) is 0 Å². The molecule has 1 fully saturated rings. The average molecular weight is 309 g/mol. The molecule has 0 unspecified atom stereocenters. The van der Waals surface area contributed by atoms with E-state index in [9.17, 15) is 4.79 Å². The lowest BCUT2D eigenvalue weighted by Crippen LogP contribution is -2.46. The number of esters is 1. The Morgan fingerprint density at radius 2 is 2.29 bits per heavy atom. The Morgan fingerprint density at radius 1 is 1.52 bits per heavy atom. The first-order valence-corrected chi connectivity index (χ1v) is 8.27. The van der Waals surface area contributed by atoms with Crippen LogP contribution in [-0.2, 0) is 16.1 Å². The maximum atomic E-state index is 11.7. The summed E-state index contributed by atoms with van der Waals surface area (Å²) in [5, 5.41) is 5.45. The standard InChI is InChI=1S/C15H23N3O2S/c1-3-20-14(19)12-6-8-18(9-7-12)15(16-2)17-11-13-5-4-10-21-13/h4-5,10,12H,3,6-9,11H2,1-2H3,(H,16,17). The van der Waals surface area contributed by atoms with Gasteiger partial charge in [0.05, 0.1) is 19.1 Å². The summed E-state index contributed by atoms with van der Waals surface area (Å²) < 4.78 is 5.10. The van der Waals surface area contributed by atoms with Gasteiger partial charge in [0.25, 0.3) is 0 Å². The number of rotatable bonds is 4. The molecule has 21 heavy (non-hydrogen) atoms. The van der Waals surface area contributed by atoms with Gasteiger partial charge in [-0.1, -0.05) is 6.07 Å². The fourth-order valence-electron chi connectivity index (χ4n) is 2.50. The van der Waals surface area contributed by atoms with Gasteiger partial charge in [0, 0.05) is 25.0 Å². The molecule has 0 aromatic carbocycles. The first-order valence-electron chi connectivity index (χ1n) is 7.39. The topological polar surface area (TPSA) is 53.9 Å². The van der Waals surface area contributed by atoms with Crippen LogP contribution in [0, 0.1) is 5.92 Å². The minimum absolute atomic E-state index is 0.0385. The lowest BCUT2D eigenvalue weighted by molar-refractivity contribution is -0.149. The second-order valence-corrected chi connectivity index (χ2v) is 6.03. The van der Waals surface area contributed by atoms with Crippen LogP contribution < -0.4 is 5.32 Å². The van der Waals surface area contributed by atoms with E-state index in [2.05, 4.69) is 32.7 Å². The lowest BCUT2D eigenvalue weighted by atomic mass is 9.97. The highest BCUT2D eigenvalue weighted by Gasteiger charge is 2.27. The minimum atomic E-state index is -0.0568. The number of hydrogen-bond donors (Lipinski definition) is 1. The van der Waals surface area contributed by atoms with Crippen molar-refractivity contribution in [1.82, 2.24) is 10.2 Å². The van der Waals surface area contributed by atoms with Crippen LogP contribution in [0.2, 0.25) is 0 Å². The van der Waals surface area contributed by atoms with Crippen molar-refractivity contribution >= 4 is 23.3 Å². The van der Waals surface area contributed by atoms with Crippen molar-refractivity contribution in [2.75, 3.05) is 26.7 Å². The van der Waals surface area contributed by atoms with E-state index in [1.165, 1.54) is 4.88 Å². The lowest BCUT2D eigenvalue weighted by Gasteiger charge is -2.33. The van der Waals surface area contributed by atoms with Gasteiger partial charge < -0.3 is 15.0 Å². The second kappa shape index (κ2) is 8.02. The van der Waals surface area contributed by atoms with Crippen molar-refractivity contribution in [3.8, 4) is 0 Å². The largest absolute Gasteiger partial charge is 0.466 e. The van der Waals surface area contributed by atoms with Gasteiger partial charge in [0.15, 0.2) is 5.96 Å². The molecule has 116 valence electrons. The van der Waals surface area contributed by atoms with Crippen LogP contribution in [0.5, 0.6) is 0 Å². The van der Waals surface area contributed by atoms with Crippen LogP contribution in [0.15, 0.2) is 22.5 Å². The number of aliphatic imine (C=N–C) groups is 1. The van der Waals surface area contributed by atoms with E-state index in [1.54, 1.807) is 18.4 Å². The summed E-state index contributed by atoms with van der Waals surface area (Å²) >= 11 is 1.73. The molecule has 1 aliphatic rings. The van der Waals surface area contributed by atoms with Crippen molar-refractivity contribution < 1.29 is 9.53 Å². The first kappa shape index (κ1) is 15.8. The van der Waals surface area contributed by atoms with E-state index < -0.39 is 0 Å². The molecule has 0 amide bonds. The average Bonchev–Trinajstić information content (AvgIpc) is 3.02. The molecule has 6 heteroatoms. The molecule has 2 rings (SSSR count). The molecule has 1 N–H and O–H groups in total. The van der Waals surface area contributed by atoms with Crippen LogP contribution in [-0.4, -0.2) is 43.6 Å². The van der Waals surface area contributed by atoms with E-state index in [1.807, 2.05) is 6.92 Å². The highest BCUT2D eigenvalue weighted by molar-refractivity contribution is 7.09. The molecule has 1 aliphatic heterocycles. The fraction of sp³-hybridized carbons (Fsp3) is 0.600.